The molecule has 20 heavy (non-hydrogen) atoms. The highest BCUT2D eigenvalue weighted by Crippen LogP contribution is 2.29. The van der Waals surface area contributed by atoms with Gasteiger partial charge in [-0.2, -0.15) is 0 Å². The topological polar surface area (TPSA) is 12.0 Å². The zero-order chi connectivity index (χ0) is 15.2. The van der Waals surface area contributed by atoms with E-state index < -0.39 is 0 Å². The SMILES string of the molecule is CCCNCC(c1ccc(C(C)(C)C)cc1)C(C)CC. The normalized spacial score (nSPS) is 15.1. The Hall–Kier alpha value is -0.820. The van der Waals surface area contributed by atoms with Crippen molar-refractivity contribution < 1.29 is 0 Å². The fourth-order valence-electron chi connectivity index (χ4n) is 2.60. The molecule has 0 bridgehead atoms. The first kappa shape index (κ1) is 17.2. The van der Waals surface area contributed by atoms with E-state index in [1.54, 1.807) is 0 Å². The van der Waals surface area contributed by atoms with Crippen LogP contribution >= 0.6 is 0 Å². The van der Waals surface area contributed by atoms with Crippen LogP contribution in [-0.2, 0) is 5.41 Å². The summed E-state index contributed by atoms with van der Waals surface area (Å²) in [6, 6.07) is 9.30. The quantitative estimate of drug-likeness (QED) is 0.682. The molecule has 1 N–H and O–H groups in total. The first-order valence-corrected chi connectivity index (χ1v) is 8.21. The first-order valence-electron chi connectivity index (χ1n) is 8.21. The molecule has 1 rings (SSSR count). The van der Waals surface area contributed by atoms with Gasteiger partial charge in [-0.05, 0) is 41.3 Å². The van der Waals surface area contributed by atoms with E-state index in [-0.39, 0.29) is 5.41 Å². The minimum absolute atomic E-state index is 0.241. The van der Waals surface area contributed by atoms with Crippen molar-refractivity contribution in [3.05, 3.63) is 35.4 Å². The van der Waals surface area contributed by atoms with Crippen molar-refractivity contribution in [2.75, 3.05) is 13.1 Å². The van der Waals surface area contributed by atoms with Crippen molar-refractivity contribution in [1.82, 2.24) is 5.32 Å². The van der Waals surface area contributed by atoms with E-state index in [0.29, 0.717) is 5.92 Å². The number of hydrogen-bond donors (Lipinski definition) is 1. The van der Waals surface area contributed by atoms with Gasteiger partial charge in [-0.15, -0.1) is 0 Å². The van der Waals surface area contributed by atoms with Crippen LogP contribution in [0.1, 0.15) is 71.4 Å². The van der Waals surface area contributed by atoms with Crippen molar-refractivity contribution in [3.63, 3.8) is 0 Å². The maximum Gasteiger partial charge on any atom is 0.00227 e. The van der Waals surface area contributed by atoms with Gasteiger partial charge in [-0.1, -0.05) is 72.2 Å². The molecule has 2 unspecified atom stereocenters. The van der Waals surface area contributed by atoms with Gasteiger partial charge < -0.3 is 5.32 Å². The van der Waals surface area contributed by atoms with E-state index in [2.05, 4.69) is 71.1 Å². The molecule has 0 aliphatic rings. The van der Waals surface area contributed by atoms with Crippen molar-refractivity contribution in [3.8, 4) is 0 Å². The van der Waals surface area contributed by atoms with Crippen LogP contribution < -0.4 is 5.32 Å². The van der Waals surface area contributed by atoms with E-state index in [1.165, 1.54) is 24.0 Å². The van der Waals surface area contributed by atoms with Gasteiger partial charge in [0.2, 0.25) is 0 Å². The average Bonchev–Trinajstić information content (AvgIpc) is 2.42. The van der Waals surface area contributed by atoms with Crippen LogP contribution in [0.25, 0.3) is 0 Å². The molecule has 0 radical (unpaired) electrons. The minimum Gasteiger partial charge on any atom is -0.316 e. The monoisotopic (exact) mass is 275 g/mol. The molecule has 114 valence electrons. The molecule has 1 aromatic rings. The predicted octanol–water partition coefficient (Wildman–Crippen LogP) is 5.11. The lowest BCUT2D eigenvalue weighted by Crippen LogP contribution is -2.26. The molecule has 0 aliphatic heterocycles. The largest absolute Gasteiger partial charge is 0.316 e. The smallest absolute Gasteiger partial charge is 0.00227 e. The Labute approximate surface area is 126 Å². The Kier molecular flexibility index (Phi) is 6.75. The summed E-state index contributed by atoms with van der Waals surface area (Å²) in [5, 5.41) is 3.59. The fourth-order valence-corrected chi connectivity index (χ4v) is 2.60. The maximum atomic E-state index is 3.59. The standard InChI is InChI=1S/C19H33N/c1-7-13-20-14-18(15(3)8-2)16-9-11-17(12-10-16)19(4,5)6/h9-12,15,18,20H,7-8,13-14H2,1-6H3. The Balaban J connectivity index is 2.85. The molecular weight excluding hydrogens is 242 g/mol. The lowest BCUT2D eigenvalue weighted by Gasteiger charge is -2.25. The zero-order valence-corrected chi connectivity index (χ0v) is 14.3. The summed E-state index contributed by atoms with van der Waals surface area (Å²) in [6.45, 7) is 15.9. The summed E-state index contributed by atoms with van der Waals surface area (Å²) >= 11 is 0. The fraction of sp³-hybridized carbons (Fsp3) is 0.684. The second kappa shape index (κ2) is 7.83. The van der Waals surface area contributed by atoms with E-state index in [9.17, 15) is 0 Å². The summed E-state index contributed by atoms with van der Waals surface area (Å²) in [5.41, 5.74) is 3.15. The van der Waals surface area contributed by atoms with Gasteiger partial charge in [0.25, 0.3) is 0 Å². The summed E-state index contributed by atoms with van der Waals surface area (Å²) < 4.78 is 0. The molecule has 1 nitrogen and oxygen atoms in total. The van der Waals surface area contributed by atoms with Gasteiger partial charge in [0.15, 0.2) is 0 Å². The third kappa shape index (κ3) is 4.94. The molecule has 0 spiro atoms. The lowest BCUT2D eigenvalue weighted by molar-refractivity contribution is 0.420. The highest BCUT2D eigenvalue weighted by Gasteiger charge is 2.19. The van der Waals surface area contributed by atoms with Gasteiger partial charge in [0.1, 0.15) is 0 Å². The number of rotatable bonds is 7. The van der Waals surface area contributed by atoms with Crippen molar-refractivity contribution >= 4 is 0 Å². The number of hydrogen-bond acceptors (Lipinski definition) is 1. The molecule has 1 heteroatoms. The first-order chi connectivity index (χ1) is 9.40. The van der Waals surface area contributed by atoms with E-state index in [1.807, 2.05) is 0 Å². The lowest BCUT2D eigenvalue weighted by atomic mass is 9.82. The van der Waals surface area contributed by atoms with Crippen LogP contribution in [0.4, 0.5) is 0 Å². The van der Waals surface area contributed by atoms with E-state index in [0.717, 1.165) is 19.0 Å². The third-order valence-corrected chi connectivity index (χ3v) is 4.33. The molecule has 0 heterocycles. The molecular formula is C19H33N. The predicted molar refractivity (Wildman–Crippen MR) is 90.5 cm³/mol. The van der Waals surface area contributed by atoms with Gasteiger partial charge in [0, 0.05) is 6.54 Å². The summed E-state index contributed by atoms with van der Waals surface area (Å²) in [6.07, 6.45) is 2.44. The molecule has 0 saturated carbocycles. The second-order valence-corrected chi connectivity index (χ2v) is 7.07. The Bertz CT molecular complexity index is 372. The third-order valence-electron chi connectivity index (χ3n) is 4.33. The number of benzene rings is 1. The second-order valence-electron chi connectivity index (χ2n) is 7.07. The van der Waals surface area contributed by atoms with Crippen molar-refractivity contribution in [2.24, 2.45) is 5.92 Å². The zero-order valence-electron chi connectivity index (χ0n) is 14.3. The minimum atomic E-state index is 0.241. The highest BCUT2D eigenvalue weighted by molar-refractivity contribution is 5.30. The molecule has 0 aromatic heterocycles. The van der Waals surface area contributed by atoms with Crippen molar-refractivity contribution in [2.45, 2.75) is 65.7 Å². The van der Waals surface area contributed by atoms with Gasteiger partial charge in [-0.3, -0.25) is 0 Å². The highest BCUT2D eigenvalue weighted by atomic mass is 14.9. The van der Waals surface area contributed by atoms with Crippen LogP contribution in [0.2, 0.25) is 0 Å². The van der Waals surface area contributed by atoms with E-state index in [4.69, 9.17) is 0 Å². The van der Waals surface area contributed by atoms with Crippen LogP contribution in [0.15, 0.2) is 24.3 Å². The summed E-state index contributed by atoms with van der Waals surface area (Å²) in [4.78, 5) is 0. The van der Waals surface area contributed by atoms with Crippen LogP contribution in [0, 0.1) is 5.92 Å². The Morgan fingerprint density at radius 1 is 1.05 bits per heavy atom. The van der Waals surface area contributed by atoms with Gasteiger partial charge >= 0.3 is 0 Å². The molecule has 0 aliphatic carbocycles. The van der Waals surface area contributed by atoms with Crippen molar-refractivity contribution in [1.29, 1.82) is 0 Å². The van der Waals surface area contributed by atoms with E-state index >= 15 is 0 Å². The maximum absolute atomic E-state index is 3.59. The van der Waals surface area contributed by atoms with Gasteiger partial charge in [0.05, 0.1) is 0 Å². The summed E-state index contributed by atoms with van der Waals surface area (Å²) in [5.74, 6) is 1.35. The molecule has 1 aromatic carbocycles. The van der Waals surface area contributed by atoms with Gasteiger partial charge in [-0.25, -0.2) is 0 Å². The molecule has 2 atom stereocenters. The number of nitrogens with one attached hydrogen (secondary N) is 1. The Morgan fingerprint density at radius 2 is 1.65 bits per heavy atom. The Morgan fingerprint density at radius 3 is 2.10 bits per heavy atom. The molecule has 0 amide bonds. The average molecular weight is 275 g/mol. The van der Waals surface area contributed by atoms with Crippen LogP contribution in [0.3, 0.4) is 0 Å². The summed E-state index contributed by atoms with van der Waals surface area (Å²) in [7, 11) is 0. The van der Waals surface area contributed by atoms with Crippen LogP contribution in [-0.4, -0.2) is 13.1 Å². The molecule has 0 fully saturated rings. The van der Waals surface area contributed by atoms with Crippen LogP contribution in [0.5, 0.6) is 0 Å². The molecule has 0 saturated heterocycles.